The van der Waals surface area contributed by atoms with E-state index in [0.29, 0.717) is 5.52 Å². The fourth-order valence-electron chi connectivity index (χ4n) is 1.14. The number of fused-ring (bicyclic) bond motifs is 1. The van der Waals surface area contributed by atoms with Crippen molar-refractivity contribution in [3.8, 4) is 0 Å². The molecule has 2 aromatic rings. The topological polar surface area (TPSA) is 12.9 Å². The van der Waals surface area contributed by atoms with Gasteiger partial charge in [-0.3, -0.25) is 0 Å². The molecule has 1 nitrogen and oxygen atoms in total. The number of alkyl halides is 2. The van der Waals surface area contributed by atoms with Gasteiger partial charge in [0.25, 0.3) is 6.43 Å². The SMILES string of the molecule is FC(F)c1[c]cc2ccccc2n1. The minimum Gasteiger partial charge on any atom is -0.246 e. The lowest BCUT2D eigenvalue weighted by atomic mass is 10.2. The molecule has 2 rings (SSSR count). The lowest BCUT2D eigenvalue weighted by Crippen LogP contribution is -1.90. The lowest BCUT2D eigenvalue weighted by Gasteiger charge is -1.99. The van der Waals surface area contributed by atoms with Crippen molar-refractivity contribution in [1.29, 1.82) is 0 Å². The van der Waals surface area contributed by atoms with Gasteiger partial charge < -0.3 is 0 Å². The summed E-state index contributed by atoms with van der Waals surface area (Å²) in [5.41, 5.74) is 0.287. The number of para-hydroxylation sites is 1. The van der Waals surface area contributed by atoms with Crippen LogP contribution in [-0.2, 0) is 0 Å². The van der Waals surface area contributed by atoms with E-state index in [1.54, 1.807) is 12.1 Å². The molecule has 1 radical (unpaired) electrons. The molecule has 1 aromatic carbocycles. The van der Waals surface area contributed by atoms with Crippen LogP contribution in [0.15, 0.2) is 30.3 Å². The van der Waals surface area contributed by atoms with Crippen LogP contribution in [0.3, 0.4) is 0 Å². The Hall–Kier alpha value is -1.51. The number of hydrogen-bond acceptors (Lipinski definition) is 1. The Kier molecular flexibility index (Phi) is 1.93. The van der Waals surface area contributed by atoms with E-state index < -0.39 is 6.43 Å². The molecule has 1 aromatic heterocycles. The minimum atomic E-state index is -2.55. The summed E-state index contributed by atoms with van der Waals surface area (Å²) < 4.78 is 24.4. The van der Waals surface area contributed by atoms with Crippen LogP contribution in [-0.4, -0.2) is 4.98 Å². The van der Waals surface area contributed by atoms with Crippen molar-refractivity contribution in [2.45, 2.75) is 6.43 Å². The first-order valence-electron chi connectivity index (χ1n) is 3.83. The van der Waals surface area contributed by atoms with Crippen LogP contribution in [0.5, 0.6) is 0 Å². The molecule has 0 atom stereocenters. The van der Waals surface area contributed by atoms with Crippen LogP contribution < -0.4 is 0 Å². The number of halogens is 2. The van der Waals surface area contributed by atoms with Gasteiger partial charge in [-0.2, -0.15) is 0 Å². The van der Waals surface area contributed by atoms with E-state index in [-0.39, 0.29) is 5.69 Å². The van der Waals surface area contributed by atoms with Crippen molar-refractivity contribution >= 4 is 10.9 Å². The molecule has 3 heteroatoms. The van der Waals surface area contributed by atoms with E-state index in [2.05, 4.69) is 11.1 Å². The highest BCUT2D eigenvalue weighted by molar-refractivity contribution is 5.78. The van der Waals surface area contributed by atoms with Crippen molar-refractivity contribution < 1.29 is 8.78 Å². The number of pyridine rings is 1. The fourth-order valence-corrected chi connectivity index (χ4v) is 1.14. The molecule has 0 fully saturated rings. The molecular weight excluding hydrogens is 172 g/mol. The second kappa shape index (κ2) is 3.09. The molecule has 0 aliphatic rings. The molecule has 65 valence electrons. The first kappa shape index (κ1) is 8.10. The predicted molar refractivity (Wildman–Crippen MR) is 45.5 cm³/mol. The molecule has 1 heterocycles. The number of nitrogens with zero attached hydrogens (tertiary/aromatic N) is 1. The maximum absolute atomic E-state index is 12.2. The molecule has 0 amide bonds. The fraction of sp³-hybridized carbons (Fsp3) is 0.100. The molecule has 0 saturated carbocycles. The van der Waals surface area contributed by atoms with Crippen LogP contribution in [0.1, 0.15) is 12.1 Å². The van der Waals surface area contributed by atoms with Gasteiger partial charge in [0.2, 0.25) is 0 Å². The molecule has 13 heavy (non-hydrogen) atoms. The van der Waals surface area contributed by atoms with E-state index in [0.717, 1.165) is 5.39 Å². The minimum absolute atomic E-state index is 0.293. The largest absolute Gasteiger partial charge is 0.281 e. The zero-order chi connectivity index (χ0) is 9.26. The van der Waals surface area contributed by atoms with E-state index in [1.807, 2.05) is 12.1 Å². The zero-order valence-electron chi connectivity index (χ0n) is 6.67. The van der Waals surface area contributed by atoms with E-state index in [1.165, 1.54) is 6.07 Å². The van der Waals surface area contributed by atoms with Gasteiger partial charge in [-0.25, -0.2) is 13.8 Å². The molecule has 0 aliphatic heterocycles. The van der Waals surface area contributed by atoms with Crippen LogP contribution in [0.2, 0.25) is 0 Å². The lowest BCUT2D eigenvalue weighted by molar-refractivity contribution is 0.146. The Morgan fingerprint density at radius 2 is 2.00 bits per heavy atom. The summed E-state index contributed by atoms with van der Waals surface area (Å²) in [5.74, 6) is 0. The second-order valence-corrected chi connectivity index (χ2v) is 2.65. The maximum Gasteiger partial charge on any atom is 0.281 e. The normalized spacial score (nSPS) is 11.0. The Morgan fingerprint density at radius 1 is 1.23 bits per heavy atom. The Bertz CT molecular complexity index is 426. The standard InChI is InChI=1S/C10H6F2N/c11-10(12)9-6-5-7-3-1-2-4-8(7)13-9/h1-5,10H. The molecular formula is C10H6F2N. The van der Waals surface area contributed by atoms with Crippen LogP contribution in [0.4, 0.5) is 8.78 Å². The summed E-state index contributed by atoms with van der Waals surface area (Å²) in [7, 11) is 0. The third kappa shape index (κ3) is 1.49. The summed E-state index contributed by atoms with van der Waals surface area (Å²) in [5, 5.41) is 0.826. The van der Waals surface area contributed by atoms with Crippen molar-refractivity contribution in [3.63, 3.8) is 0 Å². The monoisotopic (exact) mass is 178 g/mol. The number of benzene rings is 1. The molecule has 0 unspecified atom stereocenters. The van der Waals surface area contributed by atoms with E-state index in [9.17, 15) is 8.78 Å². The van der Waals surface area contributed by atoms with Gasteiger partial charge in [0.15, 0.2) is 0 Å². The Balaban J connectivity index is 2.62. The Morgan fingerprint density at radius 3 is 2.77 bits per heavy atom. The highest BCUT2D eigenvalue weighted by Crippen LogP contribution is 2.19. The van der Waals surface area contributed by atoms with E-state index in [4.69, 9.17) is 0 Å². The second-order valence-electron chi connectivity index (χ2n) is 2.65. The number of aromatic nitrogens is 1. The van der Waals surface area contributed by atoms with Gasteiger partial charge in [-0.05, 0) is 12.1 Å². The summed E-state index contributed by atoms with van der Waals surface area (Å²) in [4.78, 5) is 3.77. The van der Waals surface area contributed by atoms with Gasteiger partial charge in [0.1, 0.15) is 5.69 Å². The number of hydrogen-bond donors (Lipinski definition) is 0. The summed E-state index contributed by atoms with van der Waals surface area (Å²) >= 11 is 0. The molecule has 0 N–H and O–H groups in total. The molecule has 0 aliphatic carbocycles. The number of rotatable bonds is 1. The molecule has 0 bridgehead atoms. The van der Waals surface area contributed by atoms with Gasteiger partial charge in [0, 0.05) is 11.5 Å². The van der Waals surface area contributed by atoms with Crippen molar-refractivity contribution in [2.24, 2.45) is 0 Å². The summed E-state index contributed by atoms with van der Waals surface area (Å²) in [6.07, 6.45) is -2.55. The molecule has 0 saturated heterocycles. The quantitative estimate of drug-likeness (QED) is 0.654. The van der Waals surface area contributed by atoms with Crippen LogP contribution >= 0.6 is 0 Å². The zero-order valence-corrected chi connectivity index (χ0v) is 6.67. The smallest absolute Gasteiger partial charge is 0.246 e. The summed E-state index contributed by atoms with van der Waals surface area (Å²) in [6, 6.07) is 11.1. The van der Waals surface area contributed by atoms with E-state index >= 15 is 0 Å². The van der Waals surface area contributed by atoms with Gasteiger partial charge in [-0.1, -0.05) is 18.2 Å². The molecule has 0 spiro atoms. The first-order chi connectivity index (χ1) is 6.27. The third-order valence-electron chi connectivity index (χ3n) is 1.76. The highest BCUT2D eigenvalue weighted by Gasteiger charge is 2.08. The first-order valence-corrected chi connectivity index (χ1v) is 3.83. The van der Waals surface area contributed by atoms with Crippen LogP contribution in [0, 0.1) is 6.07 Å². The maximum atomic E-state index is 12.2. The van der Waals surface area contributed by atoms with Gasteiger partial charge >= 0.3 is 0 Å². The summed E-state index contributed by atoms with van der Waals surface area (Å²) in [6.45, 7) is 0. The van der Waals surface area contributed by atoms with Crippen molar-refractivity contribution in [3.05, 3.63) is 42.1 Å². The Labute approximate surface area is 74.0 Å². The van der Waals surface area contributed by atoms with Crippen molar-refractivity contribution in [2.75, 3.05) is 0 Å². The average molecular weight is 178 g/mol. The van der Waals surface area contributed by atoms with Crippen molar-refractivity contribution in [1.82, 2.24) is 4.98 Å². The average Bonchev–Trinajstić information content (AvgIpc) is 2.17. The van der Waals surface area contributed by atoms with Gasteiger partial charge in [0.05, 0.1) is 5.52 Å². The van der Waals surface area contributed by atoms with Crippen LogP contribution in [0.25, 0.3) is 10.9 Å². The highest BCUT2D eigenvalue weighted by atomic mass is 19.3. The third-order valence-corrected chi connectivity index (χ3v) is 1.76. The van der Waals surface area contributed by atoms with Gasteiger partial charge in [-0.15, -0.1) is 0 Å². The predicted octanol–water partition coefficient (Wildman–Crippen LogP) is 2.97.